The Bertz CT molecular complexity index is 532. The van der Waals surface area contributed by atoms with E-state index in [1.807, 2.05) is 24.1 Å². The second kappa shape index (κ2) is 6.59. The highest BCUT2D eigenvalue weighted by Gasteiger charge is 2.41. The first-order valence-electron chi connectivity index (χ1n) is 8.00. The zero-order chi connectivity index (χ0) is 15.0. The van der Waals surface area contributed by atoms with Crippen molar-refractivity contribution < 1.29 is 4.79 Å². The van der Waals surface area contributed by atoms with E-state index >= 15 is 0 Å². The molecular formula is C16H27ClN4O. The molecule has 0 aromatic carbocycles. The number of hydrogen-bond donors (Lipinski definition) is 1. The second-order valence-electron chi connectivity index (χ2n) is 6.99. The van der Waals surface area contributed by atoms with Gasteiger partial charge in [0.2, 0.25) is 5.91 Å². The number of aryl methyl sites for hydroxylation is 1. The molecule has 0 spiro atoms. The van der Waals surface area contributed by atoms with Crippen LogP contribution in [0.25, 0.3) is 0 Å². The molecule has 0 bridgehead atoms. The van der Waals surface area contributed by atoms with E-state index in [0.29, 0.717) is 11.3 Å². The van der Waals surface area contributed by atoms with Crippen LogP contribution in [0.4, 0.5) is 0 Å². The van der Waals surface area contributed by atoms with Gasteiger partial charge in [0, 0.05) is 45.3 Å². The maximum absolute atomic E-state index is 12.9. The third-order valence-electron chi connectivity index (χ3n) is 5.41. The third kappa shape index (κ3) is 3.15. The van der Waals surface area contributed by atoms with Crippen molar-refractivity contribution in [2.45, 2.75) is 32.6 Å². The second-order valence-corrected chi connectivity index (χ2v) is 6.99. The largest absolute Gasteiger partial charge is 0.342 e. The Morgan fingerprint density at radius 3 is 2.86 bits per heavy atom. The van der Waals surface area contributed by atoms with Gasteiger partial charge in [0.05, 0.1) is 12.1 Å². The number of amides is 1. The molecule has 22 heavy (non-hydrogen) atoms. The number of likely N-dealkylation sites (tertiary alicyclic amines) is 1. The summed E-state index contributed by atoms with van der Waals surface area (Å²) in [6.07, 6.45) is 6.22. The fourth-order valence-corrected chi connectivity index (χ4v) is 3.66. The number of aromatic nitrogens is 2. The van der Waals surface area contributed by atoms with Crippen LogP contribution in [0.5, 0.6) is 0 Å². The van der Waals surface area contributed by atoms with Gasteiger partial charge in [0.25, 0.3) is 0 Å². The lowest BCUT2D eigenvalue weighted by Gasteiger charge is -2.26. The van der Waals surface area contributed by atoms with Gasteiger partial charge < -0.3 is 10.2 Å². The summed E-state index contributed by atoms with van der Waals surface area (Å²) < 4.78 is 1.82. The zero-order valence-electron chi connectivity index (χ0n) is 13.7. The number of rotatable bonds is 3. The van der Waals surface area contributed by atoms with E-state index in [0.717, 1.165) is 39.0 Å². The smallest absolute Gasteiger partial charge is 0.227 e. The molecule has 1 aromatic heterocycles. The first-order valence-corrected chi connectivity index (χ1v) is 8.00. The van der Waals surface area contributed by atoms with Gasteiger partial charge in [-0.05, 0) is 23.8 Å². The summed E-state index contributed by atoms with van der Waals surface area (Å²) in [5, 5.41) is 7.64. The Hall–Kier alpha value is -1.07. The Morgan fingerprint density at radius 2 is 2.27 bits per heavy atom. The van der Waals surface area contributed by atoms with Crippen molar-refractivity contribution in [2.24, 2.45) is 18.4 Å². The molecule has 5 nitrogen and oxygen atoms in total. The monoisotopic (exact) mass is 326 g/mol. The number of carbonyl (C=O) groups is 1. The summed E-state index contributed by atoms with van der Waals surface area (Å²) in [7, 11) is 1.93. The first kappa shape index (κ1) is 17.3. The summed E-state index contributed by atoms with van der Waals surface area (Å²) in [6.45, 7) is 8.02. The molecular weight excluding hydrogens is 300 g/mol. The molecule has 1 unspecified atom stereocenters. The van der Waals surface area contributed by atoms with E-state index in [4.69, 9.17) is 0 Å². The Balaban J connectivity index is 0.00000176. The Kier molecular flexibility index (Phi) is 5.17. The summed E-state index contributed by atoms with van der Waals surface area (Å²) in [6, 6.07) is 0. The van der Waals surface area contributed by atoms with Crippen LogP contribution in [0, 0.1) is 11.3 Å². The van der Waals surface area contributed by atoms with E-state index in [1.165, 1.54) is 5.56 Å². The van der Waals surface area contributed by atoms with Gasteiger partial charge in [0.15, 0.2) is 0 Å². The number of carbonyl (C=O) groups excluding carboxylic acids is 1. The van der Waals surface area contributed by atoms with E-state index in [9.17, 15) is 4.79 Å². The van der Waals surface area contributed by atoms with Crippen molar-refractivity contribution in [2.75, 3.05) is 26.2 Å². The van der Waals surface area contributed by atoms with Crippen molar-refractivity contribution in [3.63, 3.8) is 0 Å². The highest BCUT2D eigenvalue weighted by atomic mass is 35.5. The van der Waals surface area contributed by atoms with Crippen molar-refractivity contribution in [3.8, 4) is 0 Å². The van der Waals surface area contributed by atoms with E-state index < -0.39 is 0 Å². The van der Waals surface area contributed by atoms with Crippen molar-refractivity contribution >= 4 is 18.3 Å². The molecule has 1 N–H and O–H groups in total. The van der Waals surface area contributed by atoms with Gasteiger partial charge in [-0.15, -0.1) is 12.4 Å². The number of nitrogens with one attached hydrogen (secondary N) is 1. The summed E-state index contributed by atoms with van der Waals surface area (Å²) >= 11 is 0. The molecule has 3 rings (SSSR count). The molecule has 2 saturated heterocycles. The molecule has 6 heteroatoms. The van der Waals surface area contributed by atoms with Crippen molar-refractivity contribution in [1.82, 2.24) is 20.0 Å². The molecule has 3 heterocycles. The van der Waals surface area contributed by atoms with Gasteiger partial charge in [0.1, 0.15) is 0 Å². The van der Waals surface area contributed by atoms with Gasteiger partial charge >= 0.3 is 0 Å². The van der Waals surface area contributed by atoms with Crippen molar-refractivity contribution in [1.29, 1.82) is 0 Å². The van der Waals surface area contributed by atoms with Crippen LogP contribution >= 0.6 is 12.4 Å². The van der Waals surface area contributed by atoms with Crippen LogP contribution in [-0.4, -0.2) is 46.8 Å². The summed E-state index contributed by atoms with van der Waals surface area (Å²) in [5.74, 6) is 0.652. The fourth-order valence-electron chi connectivity index (χ4n) is 3.66. The van der Waals surface area contributed by atoms with Gasteiger partial charge in [-0.25, -0.2) is 0 Å². The minimum absolute atomic E-state index is 0. The molecule has 0 radical (unpaired) electrons. The number of halogens is 1. The van der Waals surface area contributed by atoms with Gasteiger partial charge in [-0.2, -0.15) is 5.10 Å². The maximum Gasteiger partial charge on any atom is 0.227 e. The highest BCUT2D eigenvalue weighted by Crippen LogP contribution is 2.36. The Labute approximate surface area is 138 Å². The molecule has 2 aliphatic heterocycles. The lowest BCUT2D eigenvalue weighted by molar-refractivity contribution is -0.134. The predicted octanol–water partition coefficient (Wildman–Crippen LogP) is 1.79. The topological polar surface area (TPSA) is 50.2 Å². The number of nitrogens with zero attached hydrogens (tertiary/aromatic N) is 3. The van der Waals surface area contributed by atoms with Crippen LogP contribution in [-0.2, 0) is 11.8 Å². The number of hydrogen-bond acceptors (Lipinski definition) is 3. The maximum atomic E-state index is 12.9. The molecule has 3 atom stereocenters. The van der Waals surface area contributed by atoms with Crippen LogP contribution in [0.1, 0.15) is 38.2 Å². The van der Waals surface area contributed by atoms with Gasteiger partial charge in [-0.1, -0.05) is 13.8 Å². The quantitative estimate of drug-likeness (QED) is 0.921. The predicted molar refractivity (Wildman–Crippen MR) is 89.2 cm³/mol. The molecule has 1 amide bonds. The summed E-state index contributed by atoms with van der Waals surface area (Å²) in [4.78, 5) is 15.0. The summed E-state index contributed by atoms with van der Waals surface area (Å²) in [5.41, 5.74) is 1.49. The lowest BCUT2D eigenvalue weighted by Crippen LogP contribution is -2.38. The first-order chi connectivity index (χ1) is 10.0. The van der Waals surface area contributed by atoms with E-state index in [2.05, 4.69) is 29.2 Å². The van der Waals surface area contributed by atoms with Crippen LogP contribution in [0.2, 0.25) is 0 Å². The third-order valence-corrected chi connectivity index (χ3v) is 5.41. The average Bonchev–Trinajstić information content (AvgIpc) is 3.17. The molecule has 1 aromatic rings. The van der Waals surface area contributed by atoms with Gasteiger partial charge in [-0.3, -0.25) is 9.48 Å². The molecule has 0 aliphatic carbocycles. The zero-order valence-corrected chi connectivity index (χ0v) is 14.5. The fraction of sp³-hybridized carbons (Fsp3) is 0.750. The average molecular weight is 327 g/mol. The van der Waals surface area contributed by atoms with E-state index in [-0.39, 0.29) is 24.2 Å². The van der Waals surface area contributed by atoms with Crippen LogP contribution in [0.3, 0.4) is 0 Å². The minimum atomic E-state index is 0. The van der Waals surface area contributed by atoms with Crippen LogP contribution < -0.4 is 5.32 Å². The Morgan fingerprint density at radius 1 is 1.50 bits per heavy atom. The molecule has 2 aliphatic rings. The standard InChI is InChI=1S/C16H26N4O.ClH/c1-4-16(2)5-6-20(11-16)15(21)14-9-17-8-13(14)12-7-18-19(3)10-12;/h7,10,13-14,17H,4-6,8-9,11H2,1-3H3;1H/t13-,14+,16?;/m1./s1. The van der Waals surface area contributed by atoms with E-state index in [1.54, 1.807) is 0 Å². The highest BCUT2D eigenvalue weighted by molar-refractivity contribution is 5.85. The normalized spacial score (nSPS) is 31.3. The van der Waals surface area contributed by atoms with Crippen LogP contribution in [0.15, 0.2) is 12.4 Å². The molecule has 2 fully saturated rings. The van der Waals surface area contributed by atoms with Crippen molar-refractivity contribution in [3.05, 3.63) is 18.0 Å². The lowest BCUT2D eigenvalue weighted by atomic mass is 9.87. The minimum Gasteiger partial charge on any atom is -0.342 e. The molecule has 124 valence electrons. The SMILES string of the molecule is CCC1(C)CCN(C(=O)[C@H]2CNC[C@@H]2c2cnn(C)c2)C1.Cl. The molecule has 0 saturated carbocycles.